The van der Waals surface area contributed by atoms with E-state index < -0.39 is 17.3 Å². The number of hydrogen-bond acceptors (Lipinski definition) is 4. The lowest BCUT2D eigenvalue weighted by atomic mass is 10.0. The highest BCUT2D eigenvalue weighted by molar-refractivity contribution is 6.17. The third-order valence-corrected chi connectivity index (χ3v) is 4.82. The molecule has 0 aliphatic heterocycles. The van der Waals surface area contributed by atoms with E-state index in [0.717, 1.165) is 6.42 Å². The van der Waals surface area contributed by atoms with Crippen LogP contribution in [0.4, 0.5) is 11.4 Å². The molecule has 0 bridgehead atoms. The molecular formula is C21H22N2O4. The molecule has 140 valence electrons. The topological polar surface area (TPSA) is 84.5 Å². The predicted octanol–water partition coefficient (Wildman–Crippen LogP) is 3.39. The van der Waals surface area contributed by atoms with Gasteiger partial charge in [-0.05, 0) is 49.1 Å². The Morgan fingerprint density at radius 1 is 0.963 bits per heavy atom. The summed E-state index contributed by atoms with van der Waals surface area (Å²) in [6.45, 7) is 2.06. The second-order valence-electron chi connectivity index (χ2n) is 6.58. The van der Waals surface area contributed by atoms with Crippen LogP contribution < -0.4 is 10.6 Å². The zero-order chi connectivity index (χ0) is 19.4. The number of methoxy groups -OCH3 is 1. The van der Waals surface area contributed by atoms with E-state index >= 15 is 0 Å². The van der Waals surface area contributed by atoms with Crippen LogP contribution in [0.5, 0.6) is 0 Å². The number of carbonyl (C=O) groups is 3. The van der Waals surface area contributed by atoms with Crippen molar-refractivity contribution in [1.82, 2.24) is 0 Å². The molecule has 27 heavy (non-hydrogen) atoms. The van der Waals surface area contributed by atoms with Gasteiger partial charge in [0.2, 0.25) is 11.8 Å². The number of para-hydroxylation sites is 1. The average molecular weight is 366 g/mol. The van der Waals surface area contributed by atoms with Crippen molar-refractivity contribution in [3.63, 3.8) is 0 Å². The minimum Gasteiger partial charge on any atom is -0.465 e. The number of benzene rings is 2. The van der Waals surface area contributed by atoms with Gasteiger partial charge in [0.15, 0.2) is 0 Å². The maximum atomic E-state index is 12.8. The third kappa shape index (κ3) is 3.84. The molecule has 2 amide bonds. The van der Waals surface area contributed by atoms with Gasteiger partial charge >= 0.3 is 5.97 Å². The summed E-state index contributed by atoms with van der Waals surface area (Å²) in [5.74, 6) is -1.29. The molecule has 0 atom stereocenters. The van der Waals surface area contributed by atoms with Crippen LogP contribution >= 0.6 is 0 Å². The van der Waals surface area contributed by atoms with Crippen molar-refractivity contribution in [2.24, 2.45) is 5.41 Å². The molecule has 1 fully saturated rings. The van der Waals surface area contributed by atoms with E-state index in [4.69, 9.17) is 4.74 Å². The molecule has 2 aromatic carbocycles. The Kier molecular flexibility index (Phi) is 5.26. The number of amides is 2. The van der Waals surface area contributed by atoms with Crippen LogP contribution in [-0.4, -0.2) is 24.9 Å². The number of nitrogens with one attached hydrogen (secondary N) is 2. The molecule has 2 aromatic rings. The summed E-state index contributed by atoms with van der Waals surface area (Å²) in [4.78, 5) is 37.3. The highest BCUT2D eigenvalue weighted by Gasteiger charge is 2.56. The van der Waals surface area contributed by atoms with Gasteiger partial charge < -0.3 is 15.4 Å². The molecule has 0 heterocycles. The lowest BCUT2D eigenvalue weighted by Crippen LogP contribution is -2.36. The summed E-state index contributed by atoms with van der Waals surface area (Å²) in [5, 5.41) is 5.53. The monoisotopic (exact) mass is 366 g/mol. The van der Waals surface area contributed by atoms with Crippen molar-refractivity contribution in [3.8, 4) is 0 Å². The fraction of sp³-hybridized carbons (Fsp3) is 0.286. The largest absolute Gasteiger partial charge is 0.465 e. The van der Waals surface area contributed by atoms with Crippen LogP contribution in [-0.2, 0) is 20.7 Å². The minimum absolute atomic E-state index is 0.250. The lowest BCUT2D eigenvalue weighted by Gasteiger charge is -2.17. The SMILES string of the molecule is CCc1ccc(NC(=O)C2(C(=O)Nc3ccccc3C(=O)OC)CC2)cc1. The van der Waals surface area contributed by atoms with E-state index in [0.29, 0.717) is 24.2 Å². The summed E-state index contributed by atoms with van der Waals surface area (Å²) < 4.78 is 4.74. The molecule has 0 saturated heterocycles. The summed E-state index contributed by atoms with van der Waals surface area (Å²) in [5.41, 5.74) is 1.31. The third-order valence-electron chi connectivity index (χ3n) is 4.82. The van der Waals surface area contributed by atoms with E-state index in [9.17, 15) is 14.4 Å². The van der Waals surface area contributed by atoms with E-state index in [-0.39, 0.29) is 11.5 Å². The lowest BCUT2D eigenvalue weighted by molar-refractivity contribution is -0.131. The van der Waals surface area contributed by atoms with E-state index in [1.807, 2.05) is 24.3 Å². The van der Waals surface area contributed by atoms with Crippen molar-refractivity contribution in [2.45, 2.75) is 26.2 Å². The van der Waals surface area contributed by atoms with Crippen molar-refractivity contribution < 1.29 is 19.1 Å². The van der Waals surface area contributed by atoms with Gasteiger partial charge in [-0.15, -0.1) is 0 Å². The van der Waals surface area contributed by atoms with Gasteiger partial charge in [-0.2, -0.15) is 0 Å². The number of aryl methyl sites for hydroxylation is 1. The Morgan fingerprint density at radius 2 is 1.59 bits per heavy atom. The molecule has 0 unspecified atom stereocenters. The molecule has 1 saturated carbocycles. The van der Waals surface area contributed by atoms with Gasteiger partial charge in [-0.25, -0.2) is 4.79 Å². The summed E-state index contributed by atoms with van der Waals surface area (Å²) in [6, 6.07) is 14.1. The molecule has 6 nitrogen and oxygen atoms in total. The highest BCUT2D eigenvalue weighted by atomic mass is 16.5. The van der Waals surface area contributed by atoms with Crippen LogP contribution in [0, 0.1) is 5.41 Å². The Labute approximate surface area is 157 Å². The standard InChI is InChI=1S/C21H22N2O4/c1-3-14-8-10-15(11-9-14)22-19(25)21(12-13-21)20(26)23-17-7-5-4-6-16(17)18(24)27-2/h4-11H,3,12-13H2,1-2H3,(H,22,25)(H,23,26). The first-order chi connectivity index (χ1) is 13.0. The van der Waals surface area contributed by atoms with Crippen molar-refractivity contribution in [2.75, 3.05) is 17.7 Å². The number of ether oxygens (including phenoxy) is 1. The quantitative estimate of drug-likeness (QED) is 0.606. The zero-order valence-electron chi connectivity index (χ0n) is 15.4. The van der Waals surface area contributed by atoms with Crippen molar-refractivity contribution >= 4 is 29.2 Å². The second-order valence-corrected chi connectivity index (χ2v) is 6.58. The summed E-state index contributed by atoms with van der Waals surface area (Å²) in [7, 11) is 1.28. The smallest absolute Gasteiger partial charge is 0.339 e. The molecule has 2 N–H and O–H groups in total. The zero-order valence-corrected chi connectivity index (χ0v) is 15.4. The van der Waals surface area contributed by atoms with Crippen LogP contribution in [0.15, 0.2) is 48.5 Å². The highest BCUT2D eigenvalue weighted by Crippen LogP contribution is 2.47. The first kappa shape index (κ1) is 18.6. The van der Waals surface area contributed by atoms with Gasteiger partial charge in [0, 0.05) is 5.69 Å². The number of esters is 1. The molecule has 0 spiro atoms. The molecule has 1 aliphatic carbocycles. The molecule has 1 aliphatic rings. The normalized spacial score (nSPS) is 14.1. The summed E-state index contributed by atoms with van der Waals surface area (Å²) in [6.07, 6.45) is 1.86. The molecular weight excluding hydrogens is 344 g/mol. The molecule has 0 radical (unpaired) electrons. The van der Waals surface area contributed by atoms with Gasteiger partial charge in [-0.1, -0.05) is 31.2 Å². The summed E-state index contributed by atoms with van der Waals surface area (Å²) >= 11 is 0. The van der Waals surface area contributed by atoms with Crippen LogP contribution in [0.25, 0.3) is 0 Å². The van der Waals surface area contributed by atoms with E-state index in [2.05, 4.69) is 17.6 Å². The Bertz CT molecular complexity index is 870. The second kappa shape index (κ2) is 7.61. The van der Waals surface area contributed by atoms with Gasteiger partial charge in [0.1, 0.15) is 5.41 Å². The first-order valence-corrected chi connectivity index (χ1v) is 8.89. The maximum absolute atomic E-state index is 12.8. The Morgan fingerprint density at radius 3 is 2.19 bits per heavy atom. The number of hydrogen-bond donors (Lipinski definition) is 2. The number of carbonyl (C=O) groups excluding carboxylic acids is 3. The first-order valence-electron chi connectivity index (χ1n) is 8.89. The molecule has 3 rings (SSSR count). The Balaban J connectivity index is 1.72. The molecule has 0 aromatic heterocycles. The maximum Gasteiger partial charge on any atom is 0.339 e. The number of anilines is 2. The van der Waals surface area contributed by atoms with Crippen molar-refractivity contribution in [1.29, 1.82) is 0 Å². The Hall–Kier alpha value is -3.15. The van der Waals surface area contributed by atoms with E-state index in [1.165, 1.54) is 12.7 Å². The van der Waals surface area contributed by atoms with Gasteiger partial charge in [-0.3, -0.25) is 9.59 Å². The fourth-order valence-electron chi connectivity index (χ4n) is 2.88. The molecule has 6 heteroatoms. The van der Waals surface area contributed by atoms with Crippen LogP contribution in [0.1, 0.15) is 35.7 Å². The van der Waals surface area contributed by atoms with Crippen molar-refractivity contribution in [3.05, 3.63) is 59.7 Å². The van der Waals surface area contributed by atoms with E-state index in [1.54, 1.807) is 24.3 Å². The minimum atomic E-state index is -1.10. The fourth-order valence-corrected chi connectivity index (χ4v) is 2.88. The average Bonchev–Trinajstić information content (AvgIpc) is 3.50. The predicted molar refractivity (Wildman–Crippen MR) is 103 cm³/mol. The van der Waals surface area contributed by atoms with Crippen LogP contribution in [0.2, 0.25) is 0 Å². The van der Waals surface area contributed by atoms with Crippen LogP contribution in [0.3, 0.4) is 0 Å². The van der Waals surface area contributed by atoms with Gasteiger partial charge in [0.25, 0.3) is 0 Å². The number of rotatable bonds is 6. The van der Waals surface area contributed by atoms with Gasteiger partial charge in [0.05, 0.1) is 18.4 Å².